The van der Waals surface area contributed by atoms with Gasteiger partial charge in [0.05, 0.1) is 0 Å². The molecule has 0 aliphatic rings. The number of thiophene rings is 1. The Morgan fingerprint density at radius 3 is 2.61 bits per heavy atom. The number of hydrogen-bond acceptors (Lipinski definition) is 4. The van der Waals surface area contributed by atoms with Crippen molar-refractivity contribution in [1.29, 1.82) is 0 Å². The lowest BCUT2D eigenvalue weighted by atomic mass is 10.1. The van der Waals surface area contributed by atoms with Crippen LogP contribution in [-0.4, -0.2) is 10.7 Å². The van der Waals surface area contributed by atoms with Crippen molar-refractivity contribution in [2.75, 3.05) is 0 Å². The molecule has 0 fully saturated rings. The van der Waals surface area contributed by atoms with Crippen LogP contribution in [0.1, 0.15) is 19.4 Å². The largest absolute Gasteiger partial charge is 0.464 e. The lowest BCUT2D eigenvalue weighted by Gasteiger charge is -2.27. The molecule has 0 unspecified atom stereocenters. The average molecular weight is 324 g/mol. The zero-order valence-electron chi connectivity index (χ0n) is 13.3. The summed E-state index contributed by atoms with van der Waals surface area (Å²) in [5, 5.41) is 6.36. The van der Waals surface area contributed by atoms with Crippen LogP contribution in [-0.2, 0) is 6.54 Å². The molecule has 3 rings (SSSR count). The molecule has 0 bridgehead atoms. The fraction of sp³-hybridized carbons (Fsp3) is 0.211. The summed E-state index contributed by atoms with van der Waals surface area (Å²) in [6, 6.07) is 16.4. The molecular weight excluding hydrogens is 304 g/mol. The summed E-state index contributed by atoms with van der Waals surface area (Å²) in [5.41, 5.74) is 3.00. The quantitative estimate of drug-likeness (QED) is 0.667. The van der Waals surface area contributed by atoms with Gasteiger partial charge in [0, 0.05) is 24.5 Å². The van der Waals surface area contributed by atoms with E-state index in [4.69, 9.17) is 4.74 Å². The molecule has 1 N–H and O–H groups in total. The standard InChI is InChI=1S/C19H20N2OS/c1-19(2,22-18-9-6-10-23-18)21-13-15-11-17(14-20-12-15)16-7-4-3-5-8-16/h3-12,14,21H,13H2,1-2H3. The maximum Gasteiger partial charge on any atom is 0.176 e. The molecule has 0 aliphatic heterocycles. The van der Waals surface area contributed by atoms with Gasteiger partial charge in [-0.05, 0) is 48.6 Å². The minimum absolute atomic E-state index is 0.437. The van der Waals surface area contributed by atoms with E-state index in [-0.39, 0.29) is 0 Å². The van der Waals surface area contributed by atoms with E-state index in [9.17, 15) is 0 Å². The van der Waals surface area contributed by atoms with Gasteiger partial charge in [0.2, 0.25) is 0 Å². The summed E-state index contributed by atoms with van der Waals surface area (Å²) in [4.78, 5) is 4.36. The highest BCUT2D eigenvalue weighted by Gasteiger charge is 2.19. The SMILES string of the molecule is CC(C)(NCc1cncc(-c2ccccc2)c1)Oc1cccs1. The molecule has 0 radical (unpaired) electrons. The summed E-state index contributed by atoms with van der Waals surface area (Å²) >= 11 is 1.60. The van der Waals surface area contributed by atoms with Gasteiger partial charge in [-0.2, -0.15) is 0 Å². The second kappa shape index (κ2) is 6.94. The van der Waals surface area contributed by atoms with E-state index in [1.807, 2.05) is 62.0 Å². The van der Waals surface area contributed by atoms with Gasteiger partial charge in [-0.25, -0.2) is 0 Å². The Morgan fingerprint density at radius 2 is 1.87 bits per heavy atom. The highest BCUT2D eigenvalue weighted by Crippen LogP contribution is 2.23. The van der Waals surface area contributed by atoms with E-state index < -0.39 is 5.72 Å². The summed E-state index contributed by atoms with van der Waals surface area (Å²) in [7, 11) is 0. The molecule has 4 heteroatoms. The van der Waals surface area contributed by atoms with Crippen molar-refractivity contribution in [3.8, 4) is 16.2 Å². The van der Waals surface area contributed by atoms with E-state index in [1.165, 1.54) is 5.56 Å². The van der Waals surface area contributed by atoms with E-state index in [0.29, 0.717) is 6.54 Å². The van der Waals surface area contributed by atoms with Crippen molar-refractivity contribution in [3.05, 3.63) is 71.9 Å². The van der Waals surface area contributed by atoms with Crippen LogP contribution < -0.4 is 10.1 Å². The van der Waals surface area contributed by atoms with Crippen LogP contribution in [0.5, 0.6) is 5.06 Å². The van der Waals surface area contributed by atoms with Gasteiger partial charge in [-0.15, -0.1) is 11.3 Å². The van der Waals surface area contributed by atoms with Crippen LogP contribution in [0.25, 0.3) is 11.1 Å². The van der Waals surface area contributed by atoms with Crippen molar-refractivity contribution in [2.24, 2.45) is 0 Å². The molecule has 23 heavy (non-hydrogen) atoms. The Morgan fingerprint density at radius 1 is 1.04 bits per heavy atom. The number of nitrogens with one attached hydrogen (secondary N) is 1. The van der Waals surface area contributed by atoms with Gasteiger partial charge in [-0.3, -0.25) is 10.3 Å². The number of nitrogens with zero attached hydrogens (tertiary/aromatic N) is 1. The van der Waals surface area contributed by atoms with E-state index in [0.717, 1.165) is 16.2 Å². The second-order valence-corrected chi connectivity index (χ2v) is 6.76. The first-order chi connectivity index (χ1) is 11.1. The smallest absolute Gasteiger partial charge is 0.176 e. The molecule has 2 aromatic heterocycles. The molecule has 2 heterocycles. The molecular formula is C19H20N2OS. The maximum absolute atomic E-state index is 5.97. The third kappa shape index (κ3) is 4.41. The number of hydrogen-bond donors (Lipinski definition) is 1. The van der Waals surface area contributed by atoms with Crippen LogP contribution in [0.2, 0.25) is 0 Å². The lowest BCUT2D eigenvalue weighted by molar-refractivity contribution is 0.0738. The Bertz CT molecular complexity index is 739. The van der Waals surface area contributed by atoms with E-state index >= 15 is 0 Å². The summed E-state index contributed by atoms with van der Waals surface area (Å²) < 4.78 is 5.97. The Kier molecular flexibility index (Phi) is 4.74. The monoisotopic (exact) mass is 324 g/mol. The third-order valence-electron chi connectivity index (χ3n) is 3.47. The Labute approximate surface area is 141 Å². The van der Waals surface area contributed by atoms with Crippen LogP contribution in [0.3, 0.4) is 0 Å². The van der Waals surface area contributed by atoms with Crippen molar-refractivity contribution >= 4 is 11.3 Å². The fourth-order valence-electron chi connectivity index (χ4n) is 2.30. The summed E-state index contributed by atoms with van der Waals surface area (Å²) in [5.74, 6) is 0. The van der Waals surface area contributed by atoms with Crippen LogP contribution in [0, 0.1) is 0 Å². The number of aromatic nitrogens is 1. The number of ether oxygens (including phenoxy) is 1. The van der Waals surface area contributed by atoms with Gasteiger partial charge in [0.1, 0.15) is 0 Å². The first-order valence-electron chi connectivity index (χ1n) is 7.59. The number of rotatable bonds is 6. The molecule has 3 nitrogen and oxygen atoms in total. The highest BCUT2D eigenvalue weighted by atomic mass is 32.1. The normalized spacial score (nSPS) is 11.4. The zero-order chi connectivity index (χ0) is 16.1. The molecule has 0 aliphatic carbocycles. The predicted molar refractivity (Wildman–Crippen MR) is 95.5 cm³/mol. The third-order valence-corrected chi connectivity index (χ3v) is 4.22. The van der Waals surface area contributed by atoms with Crippen LogP contribution in [0.15, 0.2) is 66.3 Å². The maximum atomic E-state index is 5.97. The predicted octanol–water partition coefficient (Wildman–Crippen LogP) is 4.71. The molecule has 0 saturated heterocycles. The van der Waals surface area contributed by atoms with E-state index in [2.05, 4.69) is 28.5 Å². The first-order valence-corrected chi connectivity index (χ1v) is 8.47. The second-order valence-electron chi connectivity index (χ2n) is 5.85. The zero-order valence-corrected chi connectivity index (χ0v) is 14.1. The van der Waals surface area contributed by atoms with Crippen molar-refractivity contribution in [2.45, 2.75) is 26.1 Å². The first kappa shape index (κ1) is 15.7. The van der Waals surface area contributed by atoms with Crippen molar-refractivity contribution in [3.63, 3.8) is 0 Å². The molecule has 0 atom stereocenters. The molecule has 0 spiro atoms. The van der Waals surface area contributed by atoms with Gasteiger partial charge >= 0.3 is 0 Å². The molecule has 3 aromatic rings. The van der Waals surface area contributed by atoms with Crippen LogP contribution >= 0.6 is 11.3 Å². The fourth-order valence-corrected chi connectivity index (χ4v) is 3.00. The van der Waals surface area contributed by atoms with Crippen LogP contribution in [0.4, 0.5) is 0 Å². The van der Waals surface area contributed by atoms with Gasteiger partial charge < -0.3 is 4.74 Å². The van der Waals surface area contributed by atoms with Gasteiger partial charge in [-0.1, -0.05) is 30.3 Å². The minimum atomic E-state index is -0.437. The van der Waals surface area contributed by atoms with Gasteiger partial charge in [0.25, 0.3) is 0 Å². The Hall–Kier alpha value is -2.17. The molecule has 0 amide bonds. The summed E-state index contributed by atoms with van der Waals surface area (Å²) in [6.45, 7) is 4.76. The lowest BCUT2D eigenvalue weighted by Crippen LogP contribution is -2.44. The summed E-state index contributed by atoms with van der Waals surface area (Å²) in [6.07, 6.45) is 3.78. The average Bonchev–Trinajstić information content (AvgIpc) is 3.06. The molecule has 0 saturated carbocycles. The topological polar surface area (TPSA) is 34.2 Å². The van der Waals surface area contributed by atoms with Gasteiger partial charge in [0.15, 0.2) is 10.8 Å². The number of pyridine rings is 1. The Balaban J connectivity index is 1.66. The van der Waals surface area contributed by atoms with Crippen molar-refractivity contribution in [1.82, 2.24) is 10.3 Å². The molecule has 1 aromatic carbocycles. The van der Waals surface area contributed by atoms with E-state index in [1.54, 1.807) is 11.3 Å². The molecule has 118 valence electrons. The highest BCUT2D eigenvalue weighted by molar-refractivity contribution is 7.11. The van der Waals surface area contributed by atoms with Crippen molar-refractivity contribution < 1.29 is 4.74 Å². The number of benzene rings is 1. The minimum Gasteiger partial charge on any atom is -0.464 e.